The maximum absolute atomic E-state index is 14.0. The number of alkyl halides is 1. The fraction of sp³-hybridized carbons (Fsp3) is 1.00. The Balaban J connectivity index is 2.48. The van der Waals surface area contributed by atoms with Gasteiger partial charge in [0, 0.05) is 6.54 Å². The van der Waals surface area contributed by atoms with Crippen molar-refractivity contribution in [3.8, 4) is 0 Å². The Morgan fingerprint density at radius 1 is 1.47 bits per heavy atom. The van der Waals surface area contributed by atoms with Crippen LogP contribution in [0.5, 0.6) is 0 Å². The minimum absolute atomic E-state index is 0.0388. The van der Waals surface area contributed by atoms with E-state index in [1.165, 1.54) is 0 Å². The second-order valence-electron chi connectivity index (χ2n) is 4.60. The molecule has 0 spiro atoms. The summed E-state index contributed by atoms with van der Waals surface area (Å²) in [6.45, 7) is 4.40. The summed E-state index contributed by atoms with van der Waals surface area (Å²) >= 11 is 0. The van der Waals surface area contributed by atoms with Gasteiger partial charge in [-0.25, -0.2) is 12.8 Å². The van der Waals surface area contributed by atoms with Gasteiger partial charge in [-0.3, -0.25) is 0 Å². The number of sulfone groups is 1. The minimum Gasteiger partial charge on any atom is -0.314 e. The van der Waals surface area contributed by atoms with E-state index in [0.29, 0.717) is 13.0 Å². The number of nitrogens with one attached hydrogen (secondary N) is 1. The molecule has 1 rings (SSSR count). The predicted octanol–water partition coefficient (Wildman–Crippen LogP) is 1.29. The molecule has 0 bridgehead atoms. The highest BCUT2D eigenvalue weighted by Gasteiger charge is 2.33. The first-order chi connectivity index (χ1) is 6.86. The molecule has 1 atom stereocenters. The molecule has 1 saturated heterocycles. The molecule has 0 radical (unpaired) electrons. The normalized spacial score (nSPS) is 28.3. The molecule has 1 unspecified atom stereocenters. The molecule has 0 aromatic heterocycles. The fourth-order valence-electron chi connectivity index (χ4n) is 1.71. The average Bonchev–Trinajstić information content (AvgIpc) is 2.16. The summed E-state index contributed by atoms with van der Waals surface area (Å²) in [5.74, 6) is -0.0388. The van der Waals surface area contributed by atoms with E-state index >= 15 is 0 Å². The van der Waals surface area contributed by atoms with Crippen LogP contribution in [-0.4, -0.2) is 38.2 Å². The van der Waals surface area contributed by atoms with Crippen molar-refractivity contribution >= 4 is 9.84 Å². The Kier molecular flexibility index (Phi) is 4.12. The van der Waals surface area contributed by atoms with Crippen molar-refractivity contribution in [1.82, 2.24) is 5.32 Å². The third kappa shape index (κ3) is 3.72. The van der Waals surface area contributed by atoms with Crippen LogP contribution < -0.4 is 5.32 Å². The number of piperidine rings is 1. The van der Waals surface area contributed by atoms with E-state index in [0.717, 1.165) is 13.0 Å². The summed E-state index contributed by atoms with van der Waals surface area (Å²) in [6.07, 6.45) is 1.40. The molecule has 0 amide bonds. The minimum atomic E-state index is -3.10. The maximum atomic E-state index is 14.0. The second-order valence-corrected chi connectivity index (χ2v) is 7.27. The number of hydrogen-bond acceptors (Lipinski definition) is 3. The third-order valence-corrected chi connectivity index (χ3v) is 5.18. The standard InChI is InChI=1S/C10H20FNO2S/c1-9(2)15(13,14)7-5-10(11)4-3-6-12-8-10/h9,12H,3-8H2,1-2H3. The second kappa shape index (κ2) is 4.78. The van der Waals surface area contributed by atoms with Crippen LogP contribution in [0.3, 0.4) is 0 Å². The van der Waals surface area contributed by atoms with E-state index < -0.39 is 20.8 Å². The van der Waals surface area contributed by atoms with Gasteiger partial charge < -0.3 is 5.32 Å². The maximum Gasteiger partial charge on any atom is 0.152 e. The van der Waals surface area contributed by atoms with Crippen LogP contribution >= 0.6 is 0 Å². The van der Waals surface area contributed by atoms with Crippen LogP contribution in [0.1, 0.15) is 33.1 Å². The van der Waals surface area contributed by atoms with E-state index in [-0.39, 0.29) is 12.2 Å². The Morgan fingerprint density at radius 3 is 2.60 bits per heavy atom. The van der Waals surface area contributed by atoms with Crippen LogP contribution in [0.15, 0.2) is 0 Å². The molecule has 3 nitrogen and oxygen atoms in total. The monoisotopic (exact) mass is 237 g/mol. The van der Waals surface area contributed by atoms with Crippen molar-refractivity contribution in [1.29, 1.82) is 0 Å². The number of hydrogen-bond donors (Lipinski definition) is 1. The van der Waals surface area contributed by atoms with Crippen LogP contribution in [-0.2, 0) is 9.84 Å². The van der Waals surface area contributed by atoms with Crippen LogP contribution in [0.25, 0.3) is 0 Å². The highest BCUT2D eigenvalue weighted by molar-refractivity contribution is 7.91. The summed E-state index contributed by atoms with van der Waals surface area (Å²) in [6, 6.07) is 0. The van der Waals surface area contributed by atoms with E-state index in [1.807, 2.05) is 0 Å². The lowest BCUT2D eigenvalue weighted by atomic mass is 9.94. The Labute approximate surface area is 91.4 Å². The number of halogens is 1. The first-order valence-electron chi connectivity index (χ1n) is 5.47. The predicted molar refractivity (Wildman–Crippen MR) is 59.5 cm³/mol. The highest BCUT2D eigenvalue weighted by Crippen LogP contribution is 2.25. The zero-order valence-electron chi connectivity index (χ0n) is 9.42. The van der Waals surface area contributed by atoms with Crippen molar-refractivity contribution in [3.63, 3.8) is 0 Å². The van der Waals surface area contributed by atoms with Crippen molar-refractivity contribution in [2.75, 3.05) is 18.8 Å². The molecule has 0 saturated carbocycles. The highest BCUT2D eigenvalue weighted by atomic mass is 32.2. The molecule has 1 aliphatic heterocycles. The van der Waals surface area contributed by atoms with Crippen molar-refractivity contribution < 1.29 is 12.8 Å². The first kappa shape index (κ1) is 12.9. The summed E-state index contributed by atoms with van der Waals surface area (Å²) in [7, 11) is -3.10. The van der Waals surface area contributed by atoms with Gasteiger partial charge in [0.1, 0.15) is 5.67 Å². The zero-order valence-corrected chi connectivity index (χ0v) is 10.2. The molecule has 5 heteroatoms. The lowest BCUT2D eigenvalue weighted by molar-refractivity contribution is 0.118. The van der Waals surface area contributed by atoms with Crippen molar-refractivity contribution in [2.24, 2.45) is 0 Å². The number of rotatable bonds is 4. The smallest absolute Gasteiger partial charge is 0.152 e. The molecule has 1 fully saturated rings. The molecular formula is C10H20FNO2S. The van der Waals surface area contributed by atoms with E-state index in [4.69, 9.17) is 0 Å². The van der Waals surface area contributed by atoms with Crippen molar-refractivity contribution in [2.45, 2.75) is 44.0 Å². The van der Waals surface area contributed by atoms with Crippen molar-refractivity contribution in [3.05, 3.63) is 0 Å². The van der Waals surface area contributed by atoms with Crippen LogP contribution in [0.2, 0.25) is 0 Å². The van der Waals surface area contributed by atoms with Gasteiger partial charge in [0.25, 0.3) is 0 Å². The molecule has 0 aromatic carbocycles. The Hall–Kier alpha value is -0.160. The largest absolute Gasteiger partial charge is 0.314 e. The van der Waals surface area contributed by atoms with Gasteiger partial charge in [-0.2, -0.15) is 0 Å². The molecule has 90 valence electrons. The topological polar surface area (TPSA) is 46.2 Å². The van der Waals surface area contributed by atoms with Gasteiger partial charge in [-0.05, 0) is 39.7 Å². The first-order valence-corrected chi connectivity index (χ1v) is 7.18. The summed E-state index contributed by atoms with van der Waals surface area (Å²) in [4.78, 5) is 0. The lowest BCUT2D eigenvalue weighted by Gasteiger charge is -2.30. The van der Waals surface area contributed by atoms with E-state index in [9.17, 15) is 12.8 Å². The molecule has 1 N–H and O–H groups in total. The summed E-state index contributed by atoms with van der Waals surface area (Å²) < 4.78 is 37.1. The van der Waals surface area contributed by atoms with E-state index in [2.05, 4.69) is 5.32 Å². The molecule has 0 aliphatic carbocycles. The average molecular weight is 237 g/mol. The SMILES string of the molecule is CC(C)S(=O)(=O)CCC1(F)CCCNC1. The quantitative estimate of drug-likeness (QED) is 0.801. The molecule has 0 aromatic rings. The van der Waals surface area contributed by atoms with Gasteiger partial charge in [0.2, 0.25) is 0 Å². The van der Waals surface area contributed by atoms with Crippen LogP contribution in [0, 0.1) is 0 Å². The summed E-state index contributed by atoms with van der Waals surface area (Å²) in [5, 5.41) is 2.57. The third-order valence-electron chi connectivity index (χ3n) is 2.97. The zero-order chi connectivity index (χ0) is 11.5. The molecular weight excluding hydrogens is 217 g/mol. The van der Waals surface area contributed by atoms with Gasteiger partial charge in [0.05, 0.1) is 11.0 Å². The summed E-state index contributed by atoms with van der Waals surface area (Å²) in [5.41, 5.74) is -1.32. The van der Waals surface area contributed by atoms with Gasteiger partial charge in [-0.1, -0.05) is 0 Å². The molecule has 1 aliphatic rings. The van der Waals surface area contributed by atoms with Crippen LogP contribution in [0.4, 0.5) is 4.39 Å². The Morgan fingerprint density at radius 2 is 2.13 bits per heavy atom. The Bertz CT molecular complexity index is 295. The molecule has 1 heterocycles. The van der Waals surface area contributed by atoms with Gasteiger partial charge in [-0.15, -0.1) is 0 Å². The fourth-order valence-corrected chi connectivity index (χ4v) is 2.83. The van der Waals surface area contributed by atoms with E-state index in [1.54, 1.807) is 13.8 Å². The van der Waals surface area contributed by atoms with Gasteiger partial charge in [0.15, 0.2) is 9.84 Å². The lowest BCUT2D eigenvalue weighted by Crippen LogP contribution is -2.43. The van der Waals surface area contributed by atoms with Gasteiger partial charge >= 0.3 is 0 Å². The molecule has 15 heavy (non-hydrogen) atoms.